The molecule has 1 fully saturated rings. The minimum atomic E-state index is -0.830. The van der Waals surface area contributed by atoms with E-state index in [1.54, 1.807) is 26.2 Å². The van der Waals surface area contributed by atoms with Gasteiger partial charge in [0.05, 0.1) is 25.7 Å². The molecule has 1 atom stereocenters. The first-order valence-corrected chi connectivity index (χ1v) is 9.96. The minimum Gasteiger partial charge on any atom is -0.493 e. The van der Waals surface area contributed by atoms with Crippen molar-refractivity contribution in [2.45, 2.75) is 45.6 Å². The van der Waals surface area contributed by atoms with E-state index in [2.05, 4.69) is 11.8 Å². The molecule has 1 aliphatic rings. The summed E-state index contributed by atoms with van der Waals surface area (Å²) in [6, 6.07) is 8.93. The van der Waals surface area contributed by atoms with Crippen LogP contribution in [-0.2, 0) is 12.0 Å². The van der Waals surface area contributed by atoms with Crippen molar-refractivity contribution in [3.8, 4) is 23.3 Å². The van der Waals surface area contributed by atoms with Gasteiger partial charge in [-0.25, -0.2) is 0 Å². The number of nitrogens with zero attached hydrogens (tertiary/aromatic N) is 1. The van der Waals surface area contributed by atoms with Crippen molar-refractivity contribution in [2.24, 2.45) is 5.92 Å². The Morgan fingerprint density at radius 3 is 2.41 bits per heavy atom. The van der Waals surface area contributed by atoms with Gasteiger partial charge in [0.25, 0.3) is 0 Å². The third kappa shape index (κ3) is 4.65. The first kappa shape index (κ1) is 21.0. The van der Waals surface area contributed by atoms with Crippen LogP contribution in [-0.4, -0.2) is 30.0 Å². The highest BCUT2D eigenvalue weighted by Crippen LogP contribution is 2.37. The smallest absolute Gasteiger partial charge is 0.182 e. The Hall–Kier alpha value is -2.71. The predicted molar refractivity (Wildman–Crippen MR) is 114 cm³/mol. The van der Waals surface area contributed by atoms with Crippen LogP contribution in [0.3, 0.4) is 0 Å². The van der Waals surface area contributed by atoms with E-state index < -0.39 is 5.41 Å². The molecule has 0 aliphatic heterocycles. The monoisotopic (exact) mass is 395 g/mol. The molecule has 1 heterocycles. The van der Waals surface area contributed by atoms with Crippen molar-refractivity contribution in [1.82, 2.24) is 4.57 Å². The van der Waals surface area contributed by atoms with E-state index >= 15 is 0 Å². The normalized spacial score (nSPS) is 15.2. The topological polar surface area (TPSA) is 60.7 Å². The summed E-state index contributed by atoms with van der Waals surface area (Å²) in [5, 5.41) is 10.5. The Morgan fingerprint density at radius 2 is 1.86 bits per heavy atom. The van der Waals surface area contributed by atoms with Crippen molar-refractivity contribution in [1.29, 1.82) is 0 Å². The highest BCUT2D eigenvalue weighted by Gasteiger charge is 2.32. The quantitative estimate of drug-likeness (QED) is 0.698. The van der Waals surface area contributed by atoms with Gasteiger partial charge in [-0.3, -0.25) is 4.79 Å². The maximum absolute atomic E-state index is 11.8. The van der Waals surface area contributed by atoms with Gasteiger partial charge in [-0.15, -0.1) is 5.92 Å². The molecule has 0 bridgehead atoms. The number of hydrogen-bond donors (Lipinski definition) is 1. The Labute approximate surface area is 172 Å². The molecule has 1 saturated carbocycles. The molecule has 3 rings (SSSR count). The number of aliphatic hydroxyl groups excluding tert-OH is 1. The zero-order valence-corrected chi connectivity index (χ0v) is 17.6. The summed E-state index contributed by atoms with van der Waals surface area (Å²) in [4.78, 5) is 11.8. The summed E-state index contributed by atoms with van der Waals surface area (Å²) < 4.78 is 13.5. The molecule has 2 aromatic rings. The van der Waals surface area contributed by atoms with E-state index in [9.17, 15) is 9.90 Å². The molecule has 5 heteroatoms. The van der Waals surface area contributed by atoms with Gasteiger partial charge in [0.2, 0.25) is 0 Å². The van der Waals surface area contributed by atoms with Crippen LogP contribution >= 0.6 is 0 Å². The molecule has 1 aromatic carbocycles. The molecule has 1 N–H and O–H groups in total. The molecule has 1 aromatic heterocycles. The molecule has 0 spiro atoms. The molecule has 1 aliphatic carbocycles. The fourth-order valence-electron chi connectivity index (χ4n) is 3.61. The van der Waals surface area contributed by atoms with Crippen LogP contribution in [0.1, 0.15) is 36.7 Å². The fourth-order valence-corrected chi connectivity index (χ4v) is 3.61. The number of aromatic nitrogens is 1. The molecule has 29 heavy (non-hydrogen) atoms. The Balaban J connectivity index is 2.04. The summed E-state index contributed by atoms with van der Waals surface area (Å²) in [6.45, 7) is 6.50. The van der Waals surface area contributed by atoms with Crippen LogP contribution in [0, 0.1) is 31.6 Å². The van der Waals surface area contributed by atoms with Crippen LogP contribution in [0.15, 0.2) is 35.1 Å². The van der Waals surface area contributed by atoms with Crippen LogP contribution in [0.5, 0.6) is 11.5 Å². The van der Waals surface area contributed by atoms with Crippen LogP contribution in [0.25, 0.3) is 0 Å². The van der Waals surface area contributed by atoms with Gasteiger partial charge in [0, 0.05) is 30.1 Å². The third-order valence-electron chi connectivity index (χ3n) is 5.50. The molecule has 5 nitrogen and oxygen atoms in total. The number of aryl methyl sites for hydroxylation is 2. The van der Waals surface area contributed by atoms with E-state index in [0.717, 1.165) is 17.0 Å². The van der Waals surface area contributed by atoms with Crippen molar-refractivity contribution in [2.75, 3.05) is 20.3 Å². The van der Waals surface area contributed by atoms with Gasteiger partial charge in [0.1, 0.15) is 0 Å². The third-order valence-corrected chi connectivity index (χ3v) is 5.50. The van der Waals surface area contributed by atoms with Gasteiger partial charge in [-0.1, -0.05) is 12.0 Å². The van der Waals surface area contributed by atoms with Crippen LogP contribution in [0.2, 0.25) is 0 Å². The molecule has 0 amide bonds. The molecule has 0 radical (unpaired) electrons. The average Bonchev–Trinajstić information content (AvgIpc) is 3.52. The Morgan fingerprint density at radius 1 is 1.17 bits per heavy atom. The summed E-state index contributed by atoms with van der Waals surface area (Å²) in [7, 11) is 1.62. The van der Waals surface area contributed by atoms with Crippen molar-refractivity contribution in [3.63, 3.8) is 0 Å². The van der Waals surface area contributed by atoms with Gasteiger partial charge in [-0.05, 0) is 57.2 Å². The Bertz CT molecular complexity index is 968. The maximum atomic E-state index is 11.8. The second-order valence-corrected chi connectivity index (χ2v) is 7.80. The number of aliphatic hydroxyl groups is 1. The molecule has 154 valence electrons. The van der Waals surface area contributed by atoms with Gasteiger partial charge >= 0.3 is 0 Å². The second kappa shape index (κ2) is 8.75. The number of ether oxygens (including phenoxy) is 2. The average molecular weight is 395 g/mol. The largest absolute Gasteiger partial charge is 0.493 e. The first-order chi connectivity index (χ1) is 13.9. The highest BCUT2D eigenvalue weighted by atomic mass is 16.5. The zero-order chi connectivity index (χ0) is 21.0. The van der Waals surface area contributed by atoms with E-state index in [1.807, 2.05) is 36.6 Å². The van der Waals surface area contributed by atoms with Gasteiger partial charge in [0.15, 0.2) is 16.9 Å². The standard InChI is InChI=1S/C24H29NO4/c1-5-10-24(16-26,15-25-17(2)11-21(27)12-18(25)3)20-8-9-22(28-4)23(13-20)29-14-19-6-7-19/h8-9,11-13,19,26H,6-7,14-16H2,1-4H3. The number of pyridine rings is 1. The summed E-state index contributed by atoms with van der Waals surface area (Å²) >= 11 is 0. The highest BCUT2D eigenvalue weighted by molar-refractivity contribution is 5.48. The van der Waals surface area contributed by atoms with Crippen LogP contribution in [0.4, 0.5) is 0 Å². The zero-order valence-electron chi connectivity index (χ0n) is 17.6. The number of rotatable bonds is 8. The number of methoxy groups -OCH3 is 1. The lowest BCUT2D eigenvalue weighted by Gasteiger charge is -2.31. The lowest BCUT2D eigenvalue weighted by Crippen LogP contribution is -2.36. The summed E-state index contributed by atoms with van der Waals surface area (Å²) in [5.74, 6) is 8.16. The second-order valence-electron chi connectivity index (χ2n) is 7.80. The van der Waals surface area contributed by atoms with E-state index in [-0.39, 0.29) is 12.0 Å². The lowest BCUT2D eigenvalue weighted by atomic mass is 9.81. The lowest BCUT2D eigenvalue weighted by molar-refractivity contribution is 0.212. The summed E-state index contributed by atoms with van der Waals surface area (Å²) in [5.41, 5.74) is 1.68. The van der Waals surface area contributed by atoms with Crippen molar-refractivity contribution >= 4 is 0 Å². The number of benzene rings is 1. The molecule has 1 unspecified atom stereocenters. The molecule has 0 saturated heterocycles. The molecular formula is C24H29NO4. The number of hydrogen-bond acceptors (Lipinski definition) is 4. The van der Waals surface area contributed by atoms with Crippen molar-refractivity contribution < 1.29 is 14.6 Å². The SMILES string of the molecule is CC#CC(CO)(Cn1c(C)cc(=O)cc1C)c1ccc(OC)c(OCC2CC2)c1. The minimum absolute atomic E-state index is 0.0207. The molecular weight excluding hydrogens is 366 g/mol. The van der Waals surface area contributed by atoms with E-state index in [1.165, 1.54) is 12.8 Å². The van der Waals surface area contributed by atoms with E-state index in [0.29, 0.717) is 30.6 Å². The summed E-state index contributed by atoms with van der Waals surface area (Å²) in [6.07, 6.45) is 2.41. The fraction of sp³-hybridized carbons (Fsp3) is 0.458. The van der Waals surface area contributed by atoms with Gasteiger partial charge in [-0.2, -0.15) is 0 Å². The predicted octanol–water partition coefficient (Wildman–Crippen LogP) is 3.22. The van der Waals surface area contributed by atoms with Crippen LogP contribution < -0.4 is 14.9 Å². The Kier molecular flexibility index (Phi) is 6.34. The maximum Gasteiger partial charge on any atom is 0.182 e. The van der Waals surface area contributed by atoms with Gasteiger partial charge < -0.3 is 19.1 Å². The van der Waals surface area contributed by atoms with Crippen molar-refractivity contribution in [3.05, 3.63) is 57.5 Å². The first-order valence-electron chi connectivity index (χ1n) is 9.96. The van der Waals surface area contributed by atoms with E-state index in [4.69, 9.17) is 9.47 Å².